The van der Waals surface area contributed by atoms with Crippen LogP contribution in [0.2, 0.25) is 0 Å². The molecule has 0 amide bonds. The molecule has 10 N–H and O–H groups in total. The fourth-order valence-electron chi connectivity index (χ4n) is 10.8. The largest absolute Gasteiger partial charge is 0.481 e. The molecule has 0 aromatic rings. The van der Waals surface area contributed by atoms with E-state index in [1.807, 2.05) is 0 Å². The molecule has 0 radical (unpaired) electrons. The van der Waals surface area contributed by atoms with Crippen molar-refractivity contribution in [3.8, 4) is 0 Å². The van der Waals surface area contributed by atoms with E-state index in [-0.39, 0.29) is 66.4 Å². The third kappa shape index (κ3) is 10.8. The second-order valence-electron chi connectivity index (χ2n) is 16.5. The van der Waals surface area contributed by atoms with E-state index in [1.165, 1.54) is 0 Å². The number of carbonyl (C=O) groups is 1. The first-order chi connectivity index (χ1) is 25.4. The van der Waals surface area contributed by atoms with Crippen LogP contribution in [0.15, 0.2) is 0 Å². The van der Waals surface area contributed by atoms with Gasteiger partial charge >= 0.3 is 5.97 Å². The molecule has 23 heteroatoms. The van der Waals surface area contributed by atoms with Crippen molar-refractivity contribution < 1.29 is 63.4 Å². The van der Waals surface area contributed by atoms with Crippen molar-refractivity contribution in [2.24, 2.45) is 35.5 Å². The third-order valence-electron chi connectivity index (χ3n) is 13.1. The standard InChI is InChI=1S/C31H55N5O14S4/c37-29(38)17-3-1-2-16(8-17)9-28-34-30(32-20-4-6-24-18(10-20)12-22(51-50-49-39)14-26(24)53(43,44)45)36-31(35-28)33-21-5-7-25-19(11-21)13-23(52(40,41)42)15-27(25)54(46,47)48/h16-28,30-36,39H,1-15H2,(H,37,38)(H,40,41,42)(H,43,44,45)(H,46,47,48). The molecule has 1 heterocycles. The van der Waals surface area contributed by atoms with Crippen molar-refractivity contribution in [1.29, 1.82) is 0 Å². The van der Waals surface area contributed by atoms with Gasteiger partial charge in [-0.2, -0.15) is 25.3 Å². The highest BCUT2D eigenvalue weighted by Crippen LogP contribution is 2.47. The molecule has 15 atom stereocenters. The van der Waals surface area contributed by atoms with Crippen LogP contribution in [0.4, 0.5) is 0 Å². The van der Waals surface area contributed by atoms with E-state index in [4.69, 9.17) is 5.26 Å². The summed E-state index contributed by atoms with van der Waals surface area (Å²) in [5.74, 6) is -2.17. The van der Waals surface area contributed by atoms with Crippen LogP contribution in [0.5, 0.6) is 0 Å². The SMILES string of the molecule is O=C(O)C1CCCC(CC2NC(NC3CCC4C(C3)CC(SOOO)CC4S(=O)(=O)O)NC(NC3CCC4C(C3)CC(S(=O)(=O)O)CC4S(=O)(=O)O)N2)C1. The Labute approximate surface area is 320 Å². The van der Waals surface area contributed by atoms with Crippen LogP contribution in [0, 0.1) is 35.5 Å². The Kier molecular flexibility index (Phi) is 14.0. The predicted molar refractivity (Wildman–Crippen MR) is 195 cm³/mol. The smallest absolute Gasteiger partial charge is 0.306 e. The summed E-state index contributed by atoms with van der Waals surface area (Å²) in [6.07, 6.45) is 6.17. The zero-order valence-electron chi connectivity index (χ0n) is 29.8. The second-order valence-corrected chi connectivity index (χ2v) is 22.4. The average Bonchev–Trinajstić information content (AvgIpc) is 3.08. The van der Waals surface area contributed by atoms with Crippen LogP contribution < -0.4 is 26.6 Å². The normalized spacial score (nSPS) is 42.4. The van der Waals surface area contributed by atoms with Crippen molar-refractivity contribution in [3.05, 3.63) is 0 Å². The van der Waals surface area contributed by atoms with Gasteiger partial charge in [0.05, 0.1) is 27.8 Å². The molecule has 6 rings (SSSR count). The highest BCUT2D eigenvalue weighted by atomic mass is 32.2. The number of carboxylic acid groups (broad SMARTS) is 1. The maximum Gasteiger partial charge on any atom is 0.306 e. The summed E-state index contributed by atoms with van der Waals surface area (Å²) < 4.78 is 108. The van der Waals surface area contributed by atoms with Gasteiger partial charge in [0.25, 0.3) is 30.4 Å². The number of rotatable bonds is 13. The molecular weight excluding hydrogens is 795 g/mol. The van der Waals surface area contributed by atoms with Crippen LogP contribution in [-0.4, -0.2) is 107 Å². The van der Waals surface area contributed by atoms with E-state index in [2.05, 4.69) is 36.0 Å². The Morgan fingerprint density at radius 1 is 0.685 bits per heavy atom. The zero-order chi connectivity index (χ0) is 39.0. The van der Waals surface area contributed by atoms with E-state index < -0.39 is 76.5 Å². The fourth-order valence-corrected chi connectivity index (χ4v) is 15.3. The second kappa shape index (κ2) is 17.6. The molecule has 1 aliphatic heterocycles. The summed E-state index contributed by atoms with van der Waals surface area (Å²) in [5, 5.41) is 36.1. The van der Waals surface area contributed by atoms with Crippen molar-refractivity contribution in [3.63, 3.8) is 0 Å². The summed E-state index contributed by atoms with van der Waals surface area (Å²) >= 11 is 0.824. The summed E-state index contributed by atoms with van der Waals surface area (Å²) in [6.45, 7) is 0. The van der Waals surface area contributed by atoms with Crippen LogP contribution >= 0.6 is 12.0 Å². The first-order valence-corrected chi connectivity index (χ1v) is 24.2. The molecule has 19 nitrogen and oxygen atoms in total. The molecule has 1 saturated heterocycles. The van der Waals surface area contributed by atoms with Gasteiger partial charge < -0.3 is 5.11 Å². The Balaban J connectivity index is 1.14. The highest BCUT2D eigenvalue weighted by Gasteiger charge is 2.50. The number of carboxylic acids is 1. The van der Waals surface area contributed by atoms with Crippen LogP contribution in [0.3, 0.4) is 0 Å². The Morgan fingerprint density at radius 3 is 1.80 bits per heavy atom. The number of aliphatic carboxylic acids is 1. The summed E-state index contributed by atoms with van der Waals surface area (Å²) in [7, 11) is -13.4. The first-order valence-electron chi connectivity index (χ1n) is 18.9. The monoisotopic (exact) mass is 849 g/mol. The summed E-state index contributed by atoms with van der Waals surface area (Å²) in [4.78, 5) is 11.8. The predicted octanol–water partition coefficient (Wildman–Crippen LogP) is 1.49. The van der Waals surface area contributed by atoms with Gasteiger partial charge in [-0.25, -0.2) is 5.26 Å². The lowest BCUT2D eigenvalue weighted by Gasteiger charge is -2.48. The minimum atomic E-state index is -4.55. The van der Waals surface area contributed by atoms with Gasteiger partial charge in [-0.1, -0.05) is 17.9 Å². The van der Waals surface area contributed by atoms with Crippen molar-refractivity contribution in [1.82, 2.24) is 26.6 Å². The lowest BCUT2D eigenvalue weighted by Crippen LogP contribution is -2.76. The average molecular weight is 850 g/mol. The molecule has 0 aromatic heterocycles. The molecule has 5 aliphatic carbocycles. The molecule has 5 saturated carbocycles. The molecule has 54 heavy (non-hydrogen) atoms. The van der Waals surface area contributed by atoms with E-state index >= 15 is 0 Å². The third-order valence-corrected chi connectivity index (χ3v) is 17.8. The summed E-state index contributed by atoms with van der Waals surface area (Å²) in [6, 6.07) is -0.214. The zero-order valence-corrected chi connectivity index (χ0v) is 33.1. The van der Waals surface area contributed by atoms with Crippen LogP contribution in [-0.2, 0) is 44.5 Å². The quantitative estimate of drug-likeness (QED) is 0.0543. The highest BCUT2D eigenvalue weighted by molar-refractivity contribution is 7.95. The minimum Gasteiger partial charge on any atom is -0.481 e. The molecule has 0 aromatic carbocycles. The Bertz CT molecular complexity index is 1640. The molecule has 6 aliphatic rings. The van der Waals surface area contributed by atoms with Crippen molar-refractivity contribution in [2.75, 3.05) is 0 Å². The molecular formula is C31H55N5O14S4. The fraction of sp³-hybridized carbons (Fsp3) is 0.968. The van der Waals surface area contributed by atoms with E-state index in [9.17, 15) is 48.8 Å². The van der Waals surface area contributed by atoms with Gasteiger partial charge in [0.2, 0.25) is 0 Å². The molecule has 0 bridgehead atoms. The lowest BCUT2D eigenvalue weighted by molar-refractivity contribution is -0.432. The van der Waals surface area contributed by atoms with Gasteiger partial charge in [-0.05, 0) is 113 Å². The lowest BCUT2D eigenvalue weighted by atomic mass is 9.69. The number of nitrogens with one attached hydrogen (secondary N) is 5. The number of fused-ring (bicyclic) bond motifs is 2. The minimum absolute atomic E-state index is 0.0464. The van der Waals surface area contributed by atoms with E-state index in [0.717, 1.165) is 24.9 Å². The topological polar surface area (TPSA) is 299 Å². The first kappa shape index (κ1) is 42.8. The van der Waals surface area contributed by atoms with Gasteiger partial charge in [-0.3, -0.25) is 45.0 Å². The molecule has 6 fully saturated rings. The maximum absolute atomic E-state index is 12.4. The number of hydrogen-bond donors (Lipinski definition) is 10. The van der Waals surface area contributed by atoms with Gasteiger partial charge in [0.1, 0.15) is 12.6 Å². The Morgan fingerprint density at radius 2 is 1.26 bits per heavy atom. The van der Waals surface area contributed by atoms with Crippen molar-refractivity contribution in [2.45, 2.75) is 148 Å². The molecule has 312 valence electrons. The van der Waals surface area contributed by atoms with E-state index in [1.54, 1.807) is 0 Å². The Hall–Kier alpha value is -0.770. The van der Waals surface area contributed by atoms with E-state index in [0.29, 0.717) is 64.2 Å². The molecule has 0 spiro atoms. The number of hydrogen-bond acceptors (Lipinski definition) is 16. The van der Waals surface area contributed by atoms with Crippen molar-refractivity contribution >= 4 is 48.4 Å². The van der Waals surface area contributed by atoms with Gasteiger partial charge in [0, 0.05) is 29.4 Å². The van der Waals surface area contributed by atoms with Crippen LogP contribution in [0.25, 0.3) is 0 Å². The van der Waals surface area contributed by atoms with Gasteiger partial charge in [-0.15, -0.1) is 4.33 Å². The van der Waals surface area contributed by atoms with Gasteiger partial charge in [0.15, 0.2) is 0 Å². The molecule has 15 unspecified atom stereocenters. The summed E-state index contributed by atoms with van der Waals surface area (Å²) in [5.41, 5.74) is 0. The van der Waals surface area contributed by atoms with Crippen LogP contribution in [0.1, 0.15) is 96.3 Å². The maximum atomic E-state index is 12.4.